The molecule has 0 bridgehead atoms. The van der Waals surface area contributed by atoms with Gasteiger partial charge in [-0.05, 0) is 36.9 Å². The van der Waals surface area contributed by atoms with Crippen LogP contribution in [0.3, 0.4) is 0 Å². The summed E-state index contributed by atoms with van der Waals surface area (Å²) in [6.45, 7) is 3.85. The molecule has 0 aromatic heterocycles. The Morgan fingerprint density at radius 3 is 2.95 bits per heavy atom. The first-order valence-electron chi connectivity index (χ1n) is 7.50. The normalized spacial score (nSPS) is 19.9. The minimum atomic E-state index is 0.621. The maximum Gasteiger partial charge on any atom is 0.0575 e. The molecule has 0 saturated carbocycles. The van der Waals surface area contributed by atoms with Gasteiger partial charge in [-0.15, -0.1) is 0 Å². The molecule has 0 unspecified atom stereocenters. The van der Waals surface area contributed by atoms with E-state index in [9.17, 15) is 0 Å². The molecule has 1 aromatic rings. The molecule has 2 N–H and O–H groups in total. The van der Waals surface area contributed by atoms with E-state index in [-0.39, 0.29) is 0 Å². The van der Waals surface area contributed by atoms with Crippen LogP contribution < -0.4 is 5.73 Å². The third-order valence-corrected chi connectivity index (χ3v) is 4.20. The van der Waals surface area contributed by atoms with Gasteiger partial charge < -0.3 is 10.6 Å². The standard InChI is InChI=1S/C16H27N3O/c1-18(20-2)10-8-16-7-4-9-19(16)13-15-6-3-5-14(11-15)12-17/h3,5-6,11,16H,4,7-10,12-13,17H2,1-2H3/t16-/m1/s1. The van der Waals surface area contributed by atoms with E-state index in [0.29, 0.717) is 12.6 Å². The molecule has 0 aliphatic carbocycles. The lowest BCUT2D eigenvalue weighted by Crippen LogP contribution is -2.32. The van der Waals surface area contributed by atoms with Gasteiger partial charge in [-0.2, -0.15) is 5.06 Å². The maximum absolute atomic E-state index is 5.72. The van der Waals surface area contributed by atoms with Gasteiger partial charge in [0.1, 0.15) is 0 Å². The van der Waals surface area contributed by atoms with E-state index >= 15 is 0 Å². The molecular formula is C16H27N3O. The molecule has 4 heteroatoms. The highest BCUT2D eigenvalue weighted by molar-refractivity contribution is 5.23. The molecule has 1 aromatic carbocycles. The number of nitrogens with zero attached hydrogens (tertiary/aromatic N) is 2. The van der Waals surface area contributed by atoms with Gasteiger partial charge in [0.25, 0.3) is 0 Å². The lowest BCUT2D eigenvalue weighted by Gasteiger charge is -2.26. The molecule has 0 radical (unpaired) electrons. The predicted molar refractivity (Wildman–Crippen MR) is 82.0 cm³/mol. The second-order valence-corrected chi connectivity index (χ2v) is 5.61. The number of benzene rings is 1. The molecule has 1 aliphatic heterocycles. The monoisotopic (exact) mass is 277 g/mol. The van der Waals surface area contributed by atoms with Crippen LogP contribution in [0.2, 0.25) is 0 Å². The summed E-state index contributed by atoms with van der Waals surface area (Å²) in [7, 11) is 3.72. The Hall–Kier alpha value is -0.940. The van der Waals surface area contributed by atoms with Crippen LogP contribution in [-0.4, -0.2) is 43.3 Å². The third kappa shape index (κ3) is 4.28. The van der Waals surface area contributed by atoms with Crippen molar-refractivity contribution in [2.45, 2.75) is 38.4 Å². The number of hydrogen-bond donors (Lipinski definition) is 1. The van der Waals surface area contributed by atoms with Crippen molar-refractivity contribution in [3.05, 3.63) is 35.4 Å². The van der Waals surface area contributed by atoms with Gasteiger partial charge in [0.2, 0.25) is 0 Å². The van der Waals surface area contributed by atoms with Crippen LogP contribution in [0.4, 0.5) is 0 Å². The minimum Gasteiger partial charge on any atom is -0.326 e. The zero-order valence-corrected chi connectivity index (χ0v) is 12.7. The quantitative estimate of drug-likeness (QED) is 0.774. The molecule has 0 spiro atoms. The fourth-order valence-electron chi connectivity index (χ4n) is 2.94. The Labute approximate surface area is 122 Å². The molecule has 0 amide bonds. The molecule has 4 nitrogen and oxygen atoms in total. The summed E-state index contributed by atoms with van der Waals surface area (Å²) >= 11 is 0. The molecule has 2 rings (SSSR count). The van der Waals surface area contributed by atoms with Gasteiger partial charge in [0, 0.05) is 32.7 Å². The van der Waals surface area contributed by atoms with Crippen molar-refractivity contribution < 1.29 is 4.84 Å². The van der Waals surface area contributed by atoms with Gasteiger partial charge in [0.05, 0.1) is 7.11 Å². The van der Waals surface area contributed by atoms with Gasteiger partial charge in [0.15, 0.2) is 0 Å². The van der Waals surface area contributed by atoms with Gasteiger partial charge in [-0.3, -0.25) is 4.90 Å². The SMILES string of the molecule is CON(C)CC[C@H]1CCCN1Cc1cccc(CN)c1. The van der Waals surface area contributed by atoms with Crippen molar-refractivity contribution in [3.8, 4) is 0 Å². The van der Waals surface area contributed by atoms with E-state index in [4.69, 9.17) is 10.6 Å². The van der Waals surface area contributed by atoms with Crippen molar-refractivity contribution in [3.63, 3.8) is 0 Å². The van der Waals surface area contributed by atoms with Crippen molar-refractivity contribution in [1.82, 2.24) is 9.96 Å². The first-order chi connectivity index (χ1) is 9.72. The van der Waals surface area contributed by atoms with Crippen LogP contribution in [0.1, 0.15) is 30.4 Å². The topological polar surface area (TPSA) is 41.7 Å². The molecular weight excluding hydrogens is 250 g/mol. The van der Waals surface area contributed by atoms with Crippen LogP contribution in [-0.2, 0) is 17.9 Å². The van der Waals surface area contributed by atoms with E-state index in [1.54, 1.807) is 7.11 Å². The Balaban J connectivity index is 1.90. The smallest absolute Gasteiger partial charge is 0.0575 e. The van der Waals surface area contributed by atoms with Gasteiger partial charge in [-0.25, -0.2) is 0 Å². The molecule has 112 valence electrons. The zero-order valence-electron chi connectivity index (χ0n) is 12.7. The van der Waals surface area contributed by atoms with E-state index in [1.165, 1.54) is 36.9 Å². The molecule has 20 heavy (non-hydrogen) atoms. The van der Waals surface area contributed by atoms with Crippen LogP contribution in [0.15, 0.2) is 24.3 Å². The summed E-state index contributed by atoms with van der Waals surface area (Å²) in [5, 5.41) is 1.91. The minimum absolute atomic E-state index is 0.621. The Morgan fingerprint density at radius 1 is 1.40 bits per heavy atom. The Kier molecular flexibility index (Phi) is 5.98. The molecule has 1 atom stereocenters. The molecule has 1 saturated heterocycles. The maximum atomic E-state index is 5.72. The fraction of sp³-hybridized carbons (Fsp3) is 0.625. The number of rotatable bonds is 7. The molecule has 1 aliphatic rings. The van der Waals surface area contributed by atoms with E-state index in [1.807, 2.05) is 12.1 Å². The average molecular weight is 277 g/mol. The highest BCUT2D eigenvalue weighted by Crippen LogP contribution is 2.23. The number of hydrogen-bond acceptors (Lipinski definition) is 4. The number of nitrogens with two attached hydrogens (primary N) is 1. The number of hydroxylamine groups is 2. The second kappa shape index (κ2) is 7.74. The highest BCUT2D eigenvalue weighted by Gasteiger charge is 2.24. The van der Waals surface area contributed by atoms with E-state index in [2.05, 4.69) is 29.2 Å². The van der Waals surface area contributed by atoms with Crippen molar-refractivity contribution in [1.29, 1.82) is 0 Å². The van der Waals surface area contributed by atoms with Crippen LogP contribution in [0, 0.1) is 0 Å². The molecule has 1 heterocycles. The summed E-state index contributed by atoms with van der Waals surface area (Å²) in [5.74, 6) is 0. The zero-order chi connectivity index (χ0) is 14.4. The summed E-state index contributed by atoms with van der Waals surface area (Å²) in [6.07, 6.45) is 3.77. The van der Waals surface area contributed by atoms with Crippen LogP contribution in [0.5, 0.6) is 0 Å². The van der Waals surface area contributed by atoms with E-state index in [0.717, 1.165) is 13.1 Å². The molecule has 1 fully saturated rings. The average Bonchev–Trinajstić information content (AvgIpc) is 2.92. The van der Waals surface area contributed by atoms with Crippen molar-refractivity contribution in [2.75, 3.05) is 27.2 Å². The third-order valence-electron chi connectivity index (χ3n) is 4.20. The lowest BCUT2D eigenvalue weighted by atomic mass is 10.1. The van der Waals surface area contributed by atoms with Crippen LogP contribution in [0.25, 0.3) is 0 Å². The largest absolute Gasteiger partial charge is 0.326 e. The second-order valence-electron chi connectivity index (χ2n) is 5.61. The van der Waals surface area contributed by atoms with Crippen molar-refractivity contribution in [2.24, 2.45) is 5.73 Å². The predicted octanol–water partition coefficient (Wildman–Crippen LogP) is 1.99. The van der Waals surface area contributed by atoms with Crippen LogP contribution >= 0.6 is 0 Å². The fourth-order valence-corrected chi connectivity index (χ4v) is 2.94. The van der Waals surface area contributed by atoms with E-state index < -0.39 is 0 Å². The Bertz CT molecular complexity index is 410. The summed E-state index contributed by atoms with van der Waals surface area (Å²) in [6, 6.07) is 9.32. The first-order valence-corrected chi connectivity index (χ1v) is 7.50. The number of likely N-dealkylation sites (tertiary alicyclic amines) is 1. The lowest BCUT2D eigenvalue weighted by molar-refractivity contribution is -0.111. The highest BCUT2D eigenvalue weighted by atomic mass is 16.7. The summed E-state index contributed by atoms with van der Waals surface area (Å²) in [5.41, 5.74) is 8.31. The van der Waals surface area contributed by atoms with Gasteiger partial charge >= 0.3 is 0 Å². The van der Waals surface area contributed by atoms with Gasteiger partial charge in [-0.1, -0.05) is 24.3 Å². The summed E-state index contributed by atoms with van der Waals surface area (Å²) < 4.78 is 0. The van der Waals surface area contributed by atoms with Crippen molar-refractivity contribution >= 4 is 0 Å². The Morgan fingerprint density at radius 2 is 2.20 bits per heavy atom. The first kappa shape index (κ1) is 15.4. The summed E-state index contributed by atoms with van der Waals surface area (Å²) in [4.78, 5) is 7.79.